The van der Waals surface area contributed by atoms with Crippen molar-refractivity contribution in [1.82, 2.24) is 0 Å². The molecule has 4 heteroatoms. The van der Waals surface area contributed by atoms with Crippen LogP contribution in [0, 0.1) is 5.92 Å². The summed E-state index contributed by atoms with van der Waals surface area (Å²) < 4.78 is 6.35. The smallest absolute Gasteiger partial charge is 0.0491 e. The van der Waals surface area contributed by atoms with Crippen molar-refractivity contribution in [2.24, 2.45) is 11.7 Å². The van der Waals surface area contributed by atoms with E-state index < -0.39 is 0 Å². The number of ether oxygens (including phenoxy) is 1. The highest BCUT2D eigenvalue weighted by molar-refractivity contribution is 9.10. The first-order valence-electron chi connectivity index (χ1n) is 6.90. The van der Waals surface area contributed by atoms with E-state index in [1.165, 1.54) is 24.1 Å². The molecule has 1 saturated heterocycles. The minimum atomic E-state index is 0.0594. The SMILES string of the molecule is COCC1CCN(c2ccc(Br)cc2C(C)N)CC1. The number of rotatable bonds is 4. The second kappa shape index (κ2) is 6.73. The van der Waals surface area contributed by atoms with Crippen molar-refractivity contribution in [3.63, 3.8) is 0 Å². The molecule has 1 heterocycles. The summed E-state index contributed by atoms with van der Waals surface area (Å²) in [5, 5.41) is 0. The molecule has 2 N–H and O–H groups in total. The molecule has 1 aromatic carbocycles. The third kappa shape index (κ3) is 3.71. The highest BCUT2D eigenvalue weighted by Gasteiger charge is 2.21. The minimum Gasteiger partial charge on any atom is -0.384 e. The van der Waals surface area contributed by atoms with E-state index in [0.29, 0.717) is 5.92 Å². The first-order valence-corrected chi connectivity index (χ1v) is 7.70. The van der Waals surface area contributed by atoms with E-state index in [4.69, 9.17) is 10.5 Å². The van der Waals surface area contributed by atoms with Gasteiger partial charge in [-0.25, -0.2) is 0 Å². The topological polar surface area (TPSA) is 38.5 Å². The van der Waals surface area contributed by atoms with Crippen LogP contribution >= 0.6 is 15.9 Å². The van der Waals surface area contributed by atoms with Crippen molar-refractivity contribution in [3.05, 3.63) is 28.2 Å². The van der Waals surface area contributed by atoms with Gasteiger partial charge in [-0.15, -0.1) is 0 Å². The third-order valence-electron chi connectivity index (χ3n) is 3.84. The number of benzene rings is 1. The average molecular weight is 327 g/mol. The zero-order valence-corrected chi connectivity index (χ0v) is 13.3. The van der Waals surface area contributed by atoms with Gasteiger partial charge >= 0.3 is 0 Å². The van der Waals surface area contributed by atoms with E-state index in [1.54, 1.807) is 7.11 Å². The number of anilines is 1. The predicted molar refractivity (Wildman–Crippen MR) is 83.6 cm³/mol. The first kappa shape index (κ1) is 14.8. The standard InChI is InChI=1S/C15H23BrN2O/c1-11(17)14-9-13(16)3-4-15(14)18-7-5-12(6-8-18)10-19-2/h3-4,9,11-12H,5-8,10,17H2,1-2H3. The van der Waals surface area contributed by atoms with E-state index in [0.717, 1.165) is 24.2 Å². The lowest BCUT2D eigenvalue weighted by molar-refractivity contribution is 0.139. The van der Waals surface area contributed by atoms with E-state index in [9.17, 15) is 0 Å². The van der Waals surface area contributed by atoms with E-state index >= 15 is 0 Å². The maximum absolute atomic E-state index is 6.10. The van der Waals surface area contributed by atoms with Gasteiger partial charge in [-0.1, -0.05) is 15.9 Å². The van der Waals surface area contributed by atoms with Crippen LogP contribution in [-0.2, 0) is 4.74 Å². The predicted octanol–water partition coefficient (Wildman–Crippen LogP) is 3.33. The quantitative estimate of drug-likeness (QED) is 0.922. The molecule has 0 amide bonds. The minimum absolute atomic E-state index is 0.0594. The van der Waals surface area contributed by atoms with Gasteiger partial charge in [-0.3, -0.25) is 0 Å². The van der Waals surface area contributed by atoms with Crippen molar-refractivity contribution < 1.29 is 4.74 Å². The molecule has 19 heavy (non-hydrogen) atoms. The summed E-state index contributed by atoms with van der Waals surface area (Å²) in [5.41, 5.74) is 8.61. The molecule has 0 aromatic heterocycles. The Morgan fingerprint density at radius 3 is 2.68 bits per heavy atom. The zero-order chi connectivity index (χ0) is 13.8. The molecule has 106 valence electrons. The summed E-state index contributed by atoms with van der Waals surface area (Å²) in [7, 11) is 1.79. The molecule has 1 atom stereocenters. The van der Waals surface area contributed by atoms with Gasteiger partial charge in [0.05, 0.1) is 0 Å². The van der Waals surface area contributed by atoms with Crippen LogP contribution in [0.4, 0.5) is 5.69 Å². The molecule has 0 spiro atoms. The monoisotopic (exact) mass is 326 g/mol. The zero-order valence-electron chi connectivity index (χ0n) is 11.7. The summed E-state index contributed by atoms with van der Waals surface area (Å²) in [6, 6.07) is 6.48. The summed E-state index contributed by atoms with van der Waals surface area (Å²) in [5.74, 6) is 0.704. The lowest BCUT2D eigenvalue weighted by atomic mass is 9.96. The molecule has 0 saturated carbocycles. The van der Waals surface area contributed by atoms with E-state index in [2.05, 4.69) is 39.0 Å². The Hall–Kier alpha value is -0.580. The molecule has 1 aliphatic rings. The van der Waals surface area contributed by atoms with Gasteiger partial charge in [0.15, 0.2) is 0 Å². The summed E-state index contributed by atoms with van der Waals surface area (Å²) in [6.07, 6.45) is 2.39. The number of hydrogen-bond acceptors (Lipinski definition) is 3. The fraction of sp³-hybridized carbons (Fsp3) is 0.600. The molecule has 2 rings (SSSR count). The molecule has 0 bridgehead atoms. The lowest BCUT2D eigenvalue weighted by Crippen LogP contribution is -2.35. The lowest BCUT2D eigenvalue weighted by Gasteiger charge is -2.35. The van der Waals surface area contributed by atoms with Crippen LogP contribution in [0.2, 0.25) is 0 Å². The molecular formula is C15H23BrN2O. The van der Waals surface area contributed by atoms with Crippen molar-refractivity contribution >= 4 is 21.6 Å². The van der Waals surface area contributed by atoms with Gasteiger partial charge in [-0.2, -0.15) is 0 Å². The van der Waals surface area contributed by atoms with Crippen LogP contribution < -0.4 is 10.6 Å². The fourth-order valence-electron chi connectivity index (χ4n) is 2.75. The molecule has 3 nitrogen and oxygen atoms in total. The number of nitrogens with two attached hydrogens (primary N) is 1. The van der Waals surface area contributed by atoms with E-state index in [1.807, 2.05) is 6.92 Å². The highest BCUT2D eigenvalue weighted by atomic mass is 79.9. The Morgan fingerprint density at radius 1 is 1.42 bits per heavy atom. The van der Waals surface area contributed by atoms with Gasteiger partial charge in [0.25, 0.3) is 0 Å². The maximum Gasteiger partial charge on any atom is 0.0491 e. The molecule has 0 radical (unpaired) electrons. The molecule has 1 aromatic rings. The highest BCUT2D eigenvalue weighted by Crippen LogP contribution is 2.31. The Bertz CT molecular complexity index is 415. The van der Waals surface area contributed by atoms with Crippen LogP contribution in [-0.4, -0.2) is 26.8 Å². The van der Waals surface area contributed by atoms with Gasteiger partial charge in [0.2, 0.25) is 0 Å². The number of nitrogens with zero attached hydrogens (tertiary/aromatic N) is 1. The second-order valence-corrected chi connectivity index (χ2v) is 6.29. The number of methoxy groups -OCH3 is 1. The molecular weight excluding hydrogens is 304 g/mol. The van der Waals surface area contributed by atoms with Crippen LogP contribution in [0.15, 0.2) is 22.7 Å². The van der Waals surface area contributed by atoms with Gasteiger partial charge in [0.1, 0.15) is 0 Å². The van der Waals surface area contributed by atoms with Gasteiger partial charge in [-0.05, 0) is 49.4 Å². The Morgan fingerprint density at radius 2 is 2.11 bits per heavy atom. The molecule has 1 unspecified atom stereocenters. The normalized spacial score (nSPS) is 18.6. The summed E-state index contributed by atoms with van der Waals surface area (Å²) >= 11 is 3.53. The van der Waals surface area contributed by atoms with Crippen molar-refractivity contribution in [2.75, 3.05) is 31.7 Å². The first-order chi connectivity index (χ1) is 9.11. The Balaban J connectivity index is 2.11. The van der Waals surface area contributed by atoms with Crippen molar-refractivity contribution in [2.45, 2.75) is 25.8 Å². The van der Waals surface area contributed by atoms with Gasteiger partial charge in [0, 0.05) is 43.0 Å². The molecule has 1 fully saturated rings. The number of piperidine rings is 1. The second-order valence-electron chi connectivity index (χ2n) is 5.38. The Kier molecular flexibility index (Phi) is 5.25. The molecule has 0 aliphatic carbocycles. The fourth-order valence-corrected chi connectivity index (χ4v) is 3.13. The van der Waals surface area contributed by atoms with Gasteiger partial charge < -0.3 is 15.4 Å². The van der Waals surface area contributed by atoms with Crippen LogP contribution in [0.3, 0.4) is 0 Å². The summed E-state index contributed by atoms with van der Waals surface area (Å²) in [6.45, 7) is 5.11. The molecule has 1 aliphatic heterocycles. The van der Waals surface area contributed by atoms with Crippen molar-refractivity contribution in [1.29, 1.82) is 0 Å². The van der Waals surface area contributed by atoms with Crippen LogP contribution in [0.1, 0.15) is 31.4 Å². The summed E-state index contributed by atoms with van der Waals surface area (Å²) in [4.78, 5) is 2.46. The van der Waals surface area contributed by atoms with Crippen molar-refractivity contribution in [3.8, 4) is 0 Å². The Labute approximate surface area is 124 Å². The largest absolute Gasteiger partial charge is 0.384 e. The van der Waals surface area contributed by atoms with Crippen LogP contribution in [0.25, 0.3) is 0 Å². The van der Waals surface area contributed by atoms with Crippen LogP contribution in [0.5, 0.6) is 0 Å². The number of hydrogen-bond donors (Lipinski definition) is 1. The third-order valence-corrected chi connectivity index (χ3v) is 4.33. The maximum atomic E-state index is 6.10. The number of halogens is 1. The average Bonchev–Trinajstić information content (AvgIpc) is 2.40. The van der Waals surface area contributed by atoms with E-state index in [-0.39, 0.29) is 6.04 Å².